The standard InChI is InChI=1S/C43H62ClN7O10/c1-25-14-12-15-33(58-11)43(56)22-32(59-40(55)46-43)26(2)38-42(7,61-38)34(21-36(53)50(9)30-19-28(18-25)20-31(57-10)37(30)44)60-39(54)27(3)49(8)35(52)16-13-17-51-24-29(47-48-51)23-45-41(4,5)6/h12,14-15,19-20,24,26-27,32-34,38,45,56H,13,16-18,21-23H2,1-11H3,(H,46,55)/b15-12+,25-14+/t26-,27+,32-,33-,34+,38-,42+,43+/m1/s1. The number of aryl methyl sites for hydroxylation is 1. The number of fused-ring (bicyclic) bond motifs is 5. The molecule has 3 N–H and O–H groups in total. The van der Waals surface area contributed by atoms with Gasteiger partial charge in [0.2, 0.25) is 11.8 Å². The number of likely N-dealkylation sites (N-methyl/N-ethyl adjacent to an activating group) is 1. The van der Waals surface area contributed by atoms with Crippen LogP contribution >= 0.6 is 11.6 Å². The van der Waals surface area contributed by atoms with Gasteiger partial charge in [0.15, 0.2) is 5.72 Å². The summed E-state index contributed by atoms with van der Waals surface area (Å²) in [6, 6.07) is 2.56. The summed E-state index contributed by atoms with van der Waals surface area (Å²) in [7, 11) is 6.02. The van der Waals surface area contributed by atoms with E-state index in [4.69, 9.17) is 35.3 Å². The Kier molecular flexibility index (Phi) is 15.0. The van der Waals surface area contributed by atoms with Crippen LogP contribution in [0.4, 0.5) is 10.5 Å². The third-order valence-electron chi connectivity index (χ3n) is 11.7. The Morgan fingerprint density at radius 3 is 2.62 bits per heavy atom. The number of epoxide rings is 1. The number of aliphatic hydroxyl groups is 1. The van der Waals surface area contributed by atoms with Crippen molar-refractivity contribution in [3.63, 3.8) is 0 Å². The molecule has 4 heterocycles. The molecule has 8 atom stereocenters. The van der Waals surface area contributed by atoms with E-state index in [0.29, 0.717) is 37.4 Å². The topological polar surface area (TPSA) is 199 Å². The lowest BCUT2D eigenvalue weighted by Crippen LogP contribution is -2.63. The molecule has 0 unspecified atom stereocenters. The number of ether oxygens (including phenoxy) is 5. The van der Waals surface area contributed by atoms with E-state index < -0.39 is 65.7 Å². The van der Waals surface area contributed by atoms with Crippen molar-refractivity contribution in [3.05, 3.63) is 58.4 Å². The monoisotopic (exact) mass is 871 g/mol. The number of carbonyl (C=O) groups is 4. The van der Waals surface area contributed by atoms with Crippen LogP contribution in [0.3, 0.4) is 0 Å². The van der Waals surface area contributed by atoms with Crippen molar-refractivity contribution >= 4 is 41.2 Å². The van der Waals surface area contributed by atoms with Crippen LogP contribution < -0.4 is 20.3 Å². The molecule has 0 aliphatic carbocycles. The van der Waals surface area contributed by atoms with E-state index in [1.807, 2.05) is 19.2 Å². The molecule has 336 valence electrons. The Morgan fingerprint density at radius 2 is 1.95 bits per heavy atom. The molecular weight excluding hydrogens is 810 g/mol. The van der Waals surface area contributed by atoms with E-state index in [1.165, 1.54) is 31.1 Å². The number of nitrogens with zero attached hydrogens (tertiary/aromatic N) is 5. The normalized spacial score (nSPS) is 29.0. The molecule has 17 nitrogen and oxygen atoms in total. The van der Waals surface area contributed by atoms with Crippen molar-refractivity contribution in [2.45, 2.75) is 141 Å². The lowest BCUT2D eigenvalue weighted by Gasteiger charge is -2.42. The second-order valence-corrected chi connectivity index (χ2v) is 18.0. The number of methoxy groups -OCH3 is 2. The quantitative estimate of drug-likeness (QED) is 0.211. The van der Waals surface area contributed by atoms with Gasteiger partial charge >= 0.3 is 12.1 Å². The van der Waals surface area contributed by atoms with Crippen molar-refractivity contribution < 1.29 is 48.0 Å². The maximum Gasteiger partial charge on any atom is 0.409 e. The number of rotatable bonds is 11. The van der Waals surface area contributed by atoms with Gasteiger partial charge in [-0.3, -0.25) is 19.6 Å². The summed E-state index contributed by atoms with van der Waals surface area (Å²) in [6.07, 6.45) is 3.25. The Hall–Kier alpha value is -4.55. The number of amides is 3. The van der Waals surface area contributed by atoms with E-state index in [-0.39, 0.29) is 35.7 Å². The van der Waals surface area contributed by atoms with Crippen LogP contribution in [0.15, 0.2) is 42.1 Å². The minimum Gasteiger partial charge on any atom is -0.495 e. The number of anilines is 1. The number of benzene rings is 1. The zero-order chi connectivity index (χ0) is 45.0. The Bertz CT molecular complexity index is 2000. The molecule has 0 radical (unpaired) electrons. The Balaban J connectivity index is 1.38. The van der Waals surface area contributed by atoms with E-state index >= 15 is 0 Å². The van der Waals surface area contributed by atoms with E-state index in [0.717, 1.165) is 16.8 Å². The molecule has 1 aromatic carbocycles. The lowest BCUT2D eigenvalue weighted by atomic mass is 9.83. The average molecular weight is 872 g/mol. The van der Waals surface area contributed by atoms with Crippen LogP contribution in [0.1, 0.15) is 85.4 Å². The molecule has 61 heavy (non-hydrogen) atoms. The fourth-order valence-corrected chi connectivity index (χ4v) is 7.98. The summed E-state index contributed by atoms with van der Waals surface area (Å²) in [6.45, 7) is 14.2. The summed E-state index contributed by atoms with van der Waals surface area (Å²) in [4.78, 5) is 57.2. The maximum atomic E-state index is 14.3. The first kappa shape index (κ1) is 47.5. The van der Waals surface area contributed by atoms with Gasteiger partial charge in [0.25, 0.3) is 0 Å². The molecule has 4 bridgehead atoms. The van der Waals surface area contributed by atoms with Gasteiger partial charge < -0.3 is 43.9 Å². The molecule has 0 spiro atoms. The Labute approximate surface area is 363 Å². The number of hydrogen-bond acceptors (Lipinski definition) is 13. The number of allylic oxidation sites excluding steroid dienone is 3. The lowest BCUT2D eigenvalue weighted by molar-refractivity contribution is -0.162. The molecule has 3 amide bonds. The minimum atomic E-state index is -1.84. The van der Waals surface area contributed by atoms with E-state index in [2.05, 4.69) is 41.7 Å². The highest BCUT2D eigenvalue weighted by Crippen LogP contribution is 2.49. The molecule has 1 aromatic heterocycles. The van der Waals surface area contributed by atoms with Crippen LogP contribution in [0, 0.1) is 5.92 Å². The second-order valence-electron chi connectivity index (χ2n) is 17.6. The van der Waals surface area contributed by atoms with Gasteiger partial charge in [-0.25, -0.2) is 9.59 Å². The van der Waals surface area contributed by atoms with Crippen LogP contribution in [0.5, 0.6) is 5.75 Å². The maximum absolute atomic E-state index is 14.3. The number of aromatic nitrogens is 3. The molecule has 2 fully saturated rings. The average Bonchev–Trinajstić information content (AvgIpc) is 3.68. The molecule has 5 rings (SSSR count). The third-order valence-corrected chi connectivity index (χ3v) is 12.1. The van der Waals surface area contributed by atoms with Gasteiger partial charge in [0.05, 0.1) is 31.0 Å². The number of hydrogen-bond donors (Lipinski definition) is 3. The van der Waals surface area contributed by atoms with Gasteiger partial charge in [-0.1, -0.05) is 47.5 Å². The third kappa shape index (κ3) is 11.5. The van der Waals surface area contributed by atoms with E-state index in [9.17, 15) is 24.3 Å². The first-order valence-electron chi connectivity index (χ1n) is 20.6. The van der Waals surface area contributed by atoms with E-state index in [1.54, 1.807) is 56.8 Å². The predicted octanol–water partition coefficient (Wildman–Crippen LogP) is 4.47. The number of nitrogens with one attached hydrogen (secondary N) is 2. The van der Waals surface area contributed by atoms with Gasteiger partial charge in [0, 0.05) is 64.8 Å². The first-order valence-corrected chi connectivity index (χ1v) is 21.0. The van der Waals surface area contributed by atoms with Gasteiger partial charge in [-0.15, -0.1) is 5.10 Å². The number of esters is 1. The van der Waals surface area contributed by atoms with Crippen LogP contribution in [-0.4, -0.2) is 125 Å². The molecule has 3 aliphatic rings. The van der Waals surface area contributed by atoms with Crippen molar-refractivity contribution in [3.8, 4) is 5.75 Å². The van der Waals surface area contributed by atoms with Crippen molar-refractivity contribution in [1.29, 1.82) is 0 Å². The smallest absolute Gasteiger partial charge is 0.409 e. The van der Waals surface area contributed by atoms with Crippen LogP contribution in [-0.2, 0) is 52.8 Å². The van der Waals surface area contributed by atoms with Gasteiger partial charge in [-0.2, -0.15) is 0 Å². The minimum absolute atomic E-state index is 0.0614. The van der Waals surface area contributed by atoms with Crippen molar-refractivity contribution in [1.82, 2.24) is 30.5 Å². The molecule has 2 saturated heterocycles. The zero-order valence-electron chi connectivity index (χ0n) is 37.1. The van der Waals surface area contributed by atoms with Crippen LogP contribution in [0.25, 0.3) is 0 Å². The van der Waals surface area contributed by atoms with Gasteiger partial charge in [0.1, 0.15) is 40.7 Å². The molecule has 18 heteroatoms. The summed E-state index contributed by atoms with van der Waals surface area (Å²) in [5, 5.41) is 26.3. The molecule has 3 aliphatic heterocycles. The van der Waals surface area contributed by atoms with Crippen molar-refractivity contribution in [2.75, 3.05) is 33.2 Å². The largest absolute Gasteiger partial charge is 0.495 e. The predicted molar refractivity (Wildman–Crippen MR) is 227 cm³/mol. The Morgan fingerprint density at radius 1 is 1.23 bits per heavy atom. The zero-order valence-corrected chi connectivity index (χ0v) is 37.9. The van der Waals surface area contributed by atoms with Crippen molar-refractivity contribution in [2.24, 2.45) is 5.92 Å². The van der Waals surface area contributed by atoms with Gasteiger partial charge in [-0.05, 0) is 72.1 Å². The summed E-state index contributed by atoms with van der Waals surface area (Å²) in [5.41, 5.74) is -0.263. The van der Waals surface area contributed by atoms with Crippen LogP contribution in [0.2, 0.25) is 5.02 Å². The first-order chi connectivity index (χ1) is 28.6. The highest BCUT2D eigenvalue weighted by molar-refractivity contribution is 6.35. The molecule has 2 aromatic rings. The summed E-state index contributed by atoms with van der Waals surface area (Å²) < 4.78 is 31.1. The summed E-state index contributed by atoms with van der Waals surface area (Å²) >= 11 is 6.80. The molecular formula is C43H62ClN7O10. The fraction of sp³-hybridized carbons (Fsp3) is 0.628. The SMILES string of the molecule is COc1cc2cc(c1Cl)N(C)C(=O)C[C@H](OC(=O)[C@H](C)N(C)C(=O)CCCn1cc(CNC(C)(C)C)nn1)[C@]1(C)O[C@@H]1[C@H](C)[C@H]1C[C@@](O)(NC(=O)O1)[C@H](OC)/C=C/C=C(\C)C2. The number of carbonyl (C=O) groups excluding carboxylic acids is 4. The number of alkyl carbamates (subject to hydrolysis) is 1. The summed E-state index contributed by atoms with van der Waals surface area (Å²) in [5.74, 6) is -1.65. The molecule has 0 saturated carbocycles. The number of halogens is 1. The second kappa shape index (κ2) is 19.2. The highest BCUT2D eigenvalue weighted by Gasteiger charge is 2.64. The fourth-order valence-electron chi connectivity index (χ4n) is 7.67. The highest BCUT2D eigenvalue weighted by atomic mass is 35.5.